The zero-order valence-corrected chi connectivity index (χ0v) is 12.7. The summed E-state index contributed by atoms with van der Waals surface area (Å²) in [4.78, 5) is 0. The predicted octanol–water partition coefficient (Wildman–Crippen LogP) is 2.72. The summed E-state index contributed by atoms with van der Waals surface area (Å²) in [7, 11) is 1.83. The second-order valence-electron chi connectivity index (χ2n) is 4.38. The fraction of sp³-hybridized carbons (Fsp3) is 0.385. The summed E-state index contributed by atoms with van der Waals surface area (Å²) in [5.41, 5.74) is 2.81. The van der Waals surface area contributed by atoms with E-state index in [0.717, 1.165) is 23.4 Å². The molecule has 0 saturated carbocycles. The van der Waals surface area contributed by atoms with Crippen molar-refractivity contribution in [2.24, 2.45) is 7.05 Å². The van der Waals surface area contributed by atoms with Gasteiger partial charge in [-0.15, -0.1) is 5.10 Å². The van der Waals surface area contributed by atoms with E-state index in [1.807, 2.05) is 20.9 Å². The molecule has 0 aliphatic rings. The van der Waals surface area contributed by atoms with Gasteiger partial charge in [0.05, 0.1) is 11.7 Å². The van der Waals surface area contributed by atoms with E-state index in [0.29, 0.717) is 4.60 Å². The monoisotopic (exact) mass is 326 g/mol. The van der Waals surface area contributed by atoms with Gasteiger partial charge in [-0.05, 0) is 52.7 Å². The fourth-order valence-corrected chi connectivity index (χ4v) is 2.68. The van der Waals surface area contributed by atoms with Crippen molar-refractivity contribution in [3.8, 4) is 0 Å². The summed E-state index contributed by atoms with van der Waals surface area (Å²) in [6, 6.07) is 4.67. The van der Waals surface area contributed by atoms with E-state index in [1.54, 1.807) is 16.8 Å². The van der Waals surface area contributed by atoms with E-state index in [1.165, 1.54) is 6.07 Å². The molecular weight excluding hydrogens is 311 g/mol. The van der Waals surface area contributed by atoms with Crippen molar-refractivity contribution in [3.05, 3.63) is 45.4 Å². The van der Waals surface area contributed by atoms with Crippen LogP contribution in [0.1, 0.15) is 29.8 Å². The van der Waals surface area contributed by atoms with Gasteiger partial charge in [-0.2, -0.15) is 0 Å². The summed E-state index contributed by atoms with van der Waals surface area (Å²) >= 11 is 3.40. The van der Waals surface area contributed by atoms with E-state index in [9.17, 15) is 4.39 Å². The average molecular weight is 327 g/mol. The van der Waals surface area contributed by atoms with E-state index in [2.05, 4.69) is 31.6 Å². The van der Waals surface area contributed by atoms with Crippen molar-refractivity contribution < 1.29 is 4.39 Å². The second kappa shape index (κ2) is 5.79. The highest BCUT2D eigenvalue weighted by Gasteiger charge is 2.23. The standard InChI is InChI=1S/C13H16BrFN4/c1-4-16-11(12-13(14)17-18-19(12)3)10-7-9(15)6-5-8(10)2/h5-7,11,16H,4H2,1-3H3. The van der Waals surface area contributed by atoms with Gasteiger partial charge in [0.15, 0.2) is 4.60 Å². The third kappa shape index (κ3) is 2.84. The Morgan fingerprint density at radius 1 is 1.47 bits per heavy atom. The molecule has 6 heteroatoms. The topological polar surface area (TPSA) is 42.7 Å². The maximum absolute atomic E-state index is 13.5. The second-order valence-corrected chi connectivity index (χ2v) is 5.13. The van der Waals surface area contributed by atoms with Crippen LogP contribution in [0.15, 0.2) is 22.8 Å². The SMILES string of the molecule is CCNC(c1cc(F)ccc1C)c1c(Br)nnn1C. The average Bonchev–Trinajstić information content (AvgIpc) is 2.70. The molecule has 2 aromatic rings. The molecule has 1 aromatic carbocycles. The number of rotatable bonds is 4. The Bertz CT molecular complexity index is 563. The highest BCUT2D eigenvalue weighted by Crippen LogP contribution is 2.29. The van der Waals surface area contributed by atoms with Gasteiger partial charge >= 0.3 is 0 Å². The van der Waals surface area contributed by atoms with Crippen molar-refractivity contribution in [2.75, 3.05) is 6.54 Å². The molecule has 0 amide bonds. The molecule has 1 heterocycles. The number of hydrogen-bond donors (Lipinski definition) is 1. The van der Waals surface area contributed by atoms with Crippen LogP contribution in [0, 0.1) is 12.7 Å². The van der Waals surface area contributed by atoms with Crippen LogP contribution in [0.5, 0.6) is 0 Å². The highest BCUT2D eigenvalue weighted by molar-refractivity contribution is 9.10. The first-order valence-electron chi connectivity index (χ1n) is 6.09. The lowest BCUT2D eigenvalue weighted by Gasteiger charge is -2.20. The first-order valence-corrected chi connectivity index (χ1v) is 6.88. The minimum absolute atomic E-state index is 0.143. The van der Waals surface area contributed by atoms with Crippen molar-refractivity contribution in [3.63, 3.8) is 0 Å². The Morgan fingerprint density at radius 3 is 2.79 bits per heavy atom. The van der Waals surface area contributed by atoms with E-state index in [4.69, 9.17) is 0 Å². The normalized spacial score (nSPS) is 12.7. The first-order chi connectivity index (χ1) is 9.04. The van der Waals surface area contributed by atoms with Crippen molar-refractivity contribution in [2.45, 2.75) is 19.9 Å². The van der Waals surface area contributed by atoms with Gasteiger partial charge in [0.1, 0.15) is 5.82 Å². The maximum atomic E-state index is 13.5. The van der Waals surface area contributed by atoms with Crippen LogP contribution in [0.25, 0.3) is 0 Å². The lowest BCUT2D eigenvalue weighted by Crippen LogP contribution is -2.25. The Hall–Kier alpha value is -1.27. The molecule has 1 unspecified atom stereocenters. The van der Waals surface area contributed by atoms with Crippen LogP contribution < -0.4 is 5.32 Å². The summed E-state index contributed by atoms with van der Waals surface area (Å²) in [5, 5.41) is 11.3. The highest BCUT2D eigenvalue weighted by atomic mass is 79.9. The molecule has 1 atom stereocenters. The fourth-order valence-electron chi connectivity index (χ4n) is 2.13. The summed E-state index contributed by atoms with van der Waals surface area (Å²) in [6.07, 6.45) is 0. The van der Waals surface area contributed by atoms with Gasteiger partial charge in [0.2, 0.25) is 0 Å². The Morgan fingerprint density at radius 2 is 2.21 bits per heavy atom. The van der Waals surface area contributed by atoms with E-state index >= 15 is 0 Å². The quantitative estimate of drug-likeness (QED) is 0.939. The molecule has 0 aliphatic carbocycles. The van der Waals surface area contributed by atoms with Crippen LogP contribution >= 0.6 is 15.9 Å². The molecule has 0 spiro atoms. The van der Waals surface area contributed by atoms with Crippen molar-refractivity contribution in [1.82, 2.24) is 20.3 Å². The zero-order chi connectivity index (χ0) is 14.0. The number of halogens is 2. The lowest BCUT2D eigenvalue weighted by atomic mass is 9.98. The Kier molecular flexibility index (Phi) is 4.31. The number of nitrogens with one attached hydrogen (secondary N) is 1. The van der Waals surface area contributed by atoms with Crippen molar-refractivity contribution >= 4 is 15.9 Å². The van der Waals surface area contributed by atoms with Gasteiger partial charge < -0.3 is 5.32 Å². The molecule has 2 rings (SSSR count). The summed E-state index contributed by atoms with van der Waals surface area (Å²) in [5.74, 6) is -0.241. The van der Waals surface area contributed by atoms with Gasteiger partial charge in [0, 0.05) is 7.05 Å². The lowest BCUT2D eigenvalue weighted by molar-refractivity contribution is 0.558. The van der Waals surface area contributed by atoms with Crippen LogP contribution in [0.4, 0.5) is 4.39 Å². The maximum Gasteiger partial charge on any atom is 0.153 e. The Labute approximate surface area is 120 Å². The first kappa shape index (κ1) is 14.1. The Balaban J connectivity index is 2.54. The number of hydrogen-bond acceptors (Lipinski definition) is 3. The smallest absolute Gasteiger partial charge is 0.153 e. The molecule has 4 nitrogen and oxygen atoms in total. The van der Waals surface area contributed by atoms with E-state index < -0.39 is 0 Å². The molecule has 0 bridgehead atoms. The van der Waals surface area contributed by atoms with Gasteiger partial charge in [0.25, 0.3) is 0 Å². The molecule has 0 aliphatic heterocycles. The van der Waals surface area contributed by atoms with Gasteiger partial charge in [-0.1, -0.05) is 18.2 Å². The molecule has 0 fully saturated rings. The number of nitrogens with zero attached hydrogens (tertiary/aromatic N) is 3. The predicted molar refractivity (Wildman–Crippen MR) is 75.4 cm³/mol. The van der Waals surface area contributed by atoms with Crippen LogP contribution in [0.3, 0.4) is 0 Å². The minimum atomic E-state index is -0.241. The number of aryl methyl sites for hydroxylation is 2. The summed E-state index contributed by atoms with van der Waals surface area (Å²) in [6.45, 7) is 4.74. The zero-order valence-electron chi connectivity index (χ0n) is 11.1. The molecule has 0 radical (unpaired) electrons. The molecule has 102 valence electrons. The van der Waals surface area contributed by atoms with Crippen LogP contribution in [0.2, 0.25) is 0 Å². The molecule has 19 heavy (non-hydrogen) atoms. The van der Waals surface area contributed by atoms with Gasteiger partial charge in [-0.25, -0.2) is 9.07 Å². The number of aromatic nitrogens is 3. The molecule has 1 aromatic heterocycles. The third-order valence-electron chi connectivity index (χ3n) is 3.06. The van der Waals surface area contributed by atoms with Gasteiger partial charge in [-0.3, -0.25) is 0 Å². The largest absolute Gasteiger partial charge is 0.305 e. The van der Waals surface area contributed by atoms with Crippen LogP contribution in [-0.4, -0.2) is 21.5 Å². The molecule has 1 N–H and O–H groups in total. The summed E-state index contributed by atoms with van der Waals surface area (Å²) < 4.78 is 15.9. The minimum Gasteiger partial charge on any atom is -0.305 e. The molecular formula is C13H16BrFN4. The van der Waals surface area contributed by atoms with Crippen molar-refractivity contribution in [1.29, 1.82) is 0 Å². The third-order valence-corrected chi connectivity index (χ3v) is 3.63. The van der Waals surface area contributed by atoms with Crippen LogP contribution in [-0.2, 0) is 7.05 Å². The number of benzene rings is 1. The molecule has 0 saturated heterocycles. The van der Waals surface area contributed by atoms with E-state index in [-0.39, 0.29) is 11.9 Å².